The maximum atomic E-state index is 12.5. The van der Waals surface area contributed by atoms with E-state index in [0.29, 0.717) is 10.6 Å². The fraction of sp³-hybridized carbons (Fsp3) is 0.188. The predicted octanol–water partition coefficient (Wildman–Crippen LogP) is 3.55. The first-order valence-corrected chi connectivity index (χ1v) is 7.68. The summed E-state index contributed by atoms with van der Waals surface area (Å²) in [6, 6.07) is 7.41. The molecule has 0 atom stereocenters. The van der Waals surface area contributed by atoms with Gasteiger partial charge in [-0.05, 0) is 37.3 Å². The van der Waals surface area contributed by atoms with Crippen molar-refractivity contribution in [3.63, 3.8) is 0 Å². The Labute approximate surface area is 139 Å². The van der Waals surface area contributed by atoms with Crippen LogP contribution in [0.5, 0.6) is 0 Å². The summed E-state index contributed by atoms with van der Waals surface area (Å²) in [4.78, 5) is 26.6. The van der Waals surface area contributed by atoms with Gasteiger partial charge in [-0.2, -0.15) is 18.4 Å². The van der Waals surface area contributed by atoms with Crippen molar-refractivity contribution in [2.45, 2.75) is 18.0 Å². The Hall–Kier alpha value is -2.53. The summed E-state index contributed by atoms with van der Waals surface area (Å²) >= 11 is 1.08. The third-order valence-corrected chi connectivity index (χ3v) is 4.22. The van der Waals surface area contributed by atoms with Gasteiger partial charge < -0.3 is 4.98 Å². The Kier molecular flexibility index (Phi) is 5.14. The van der Waals surface area contributed by atoms with Crippen LogP contribution in [0.2, 0.25) is 0 Å². The number of aromatic amines is 1. The number of halogens is 3. The van der Waals surface area contributed by atoms with Crippen molar-refractivity contribution in [3.8, 4) is 6.07 Å². The molecule has 0 fully saturated rings. The van der Waals surface area contributed by atoms with E-state index in [1.165, 1.54) is 18.2 Å². The zero-order chi connectivity index (χ0) is 17.9. The van der Waals surface area contributed by atoms with E-state index >= 15 is 0 Å². The van der Waals surface area contributed by atoms with Crippen molar-refractivity contribution >= 4 is 17.5 Å². The van der Waals surface area contributed by atoms with Gasteiger partial charge >= 0.3 is 6.18 Å². The smallest absolute Gasteiger partial charge is 0.325 e. The molecule has 0 radical (unpaired) electrons. The largest absolute Gasteiger partial charge is 0.416 e. The summed E-state index contributed by atoms with van der Waals surface area (Å²) in [5.74, 6) is -0.353. The van der Waals surface area contributed by atoms with Crippen molar-refractivity contribution in [3.05, 3.63) is 63.1 Å². The van der Waals surface area contributed by atoms with Gasteiger partial charge in [0.1, 0.15) is 11.6 Å². The number of thioether (sulfide) groups is 1. The van der Waals surface area contributed by atoms with E-state index in [4.69, 9.17) is 5.26 Å². The van der Waals surface area contributed by atoms with Gasteiger partial charge in [-0.25, -0.2) is 0 Å². The summed E-state index contributed by atoms with van der Waals surface area (Å²) < 4.78 is 37.5. The molecule has 0 aliphatic carbocycles. The maximum Gasteiger partial charge on any atom is 0.416 e. The van der Waals surface area contributed by atoms with Crippen LogP contribution in [0.1, 0.15) is 27.2 Å². The highest BCUT2D eigenvalue weighted by Crippen LogP contribution is 2.30. The van der Waals surface area contributed by atoms with Gasteiger partial charge in [-0.3, -0.25) is 9.59 Å². The molecule has 8 heteroatoms. The molecule has 124 valence electrons. The van der Waals surface area contributed by atoms with Crippen LogP contribution < -0.4 is 5.56 Å². The van der Waals surface area contributed by atoms with E-state index in [2.05, 4.69) is 4.98 Å². The number of rotatable bonds is 4. The average Bonchev–Trinajstić information content (AvgIpc) is 2.52. The Morgan fingerprint density at radius 1 is 1.29 bits per heavy atom. The van der Waals surface area contributed by atoms with Crippen molar-refractivity contribution in [1.29, 1.82) is 5.26 Å². The fourth-order valence-corrected chi connectivity index (χ4v) is 2.74. The normalized spacial score (nSPS) is 11.1. The molecule has 4 nitrogen and oxygen atoms in total. The summed E-state index contributed by atoms with van der Waals surface area (Å²) in [6.07, 6.45) is -4.40. The van der Waals surface area contributed by atoms with Gasteiger partial charge in [0.15, 0.2) is 5.78 Å². The number of pyridine rings is 1. The third-order valence-electron chi connectivity index (χ3n) is 3.21. The number of H-pyrrole nitrogens is 1. The van der Waals surface area contributed by atoms with Crippen molar-refractivity contribution in [1.82, 2.24) is 4.98 Å². The summed E-state index contributed by atoms with van der Waals surface area (Å²) in [6.45, 7) is 1.54. The number of nitriles is 1. The highest BCUT2D eigenvalue weighted by Gasteiger charge is 2.29. The molecular weight excluding hydrogens is 341 g/mol. The van der Waals surface area contributed by atoms with Crippen LogP contribution >= 0.6 is 11.8 Å². The van der Waals surface area contributed by atoms with Crippen LogP contribution in [0.15, 0.2) is 40.0 Å². The van der Waals surface area contributed by atoms with Gasteiger partial charge in [0.25, 0.3) is 5.56 Å². The number of Topliss-reactive ketones (excluding diaryl/α,β-unsaturated/α-hetero) is 1. The molecule has 24 heavy (non-hydrogen) atoms. The minimum absolute atomic E-state index is 0.0247. The zero-order valence-corrected chi connectivity index (χ0v) is 13.2. The number of ketones is 1. The summed E-state index contributed by atoms with van der Waals surface area (Å²) in [5.41, 5.74) is -0.929. The Morgan fingerprint density at radius 3 is 2.46 bits per heavy atom. The standard InChI is InChI=1S/C16H11F3N2O2S/c1-9-13(6-10(7-20)15(23)21-9)14(22)8-24-12-4-2-11(3-5-12)16(17,18)19/h2-6H,8H2,1H3,(H,21,23). The number of benzene rings is 1. The number of hydrogen-bond acceptors (Lipinski definition) is 4. The molecule has 1 aromatic carbocycles. The van der Waals surface area contributed by atoms with E-state index in [1.54, 1.807) is 13.0 Å². The van der Waals surface area contributed by atoms with E-state index in [-0.39, 0.29) is 22.7 Å². The van der Waals surface area contributed by atoms with Crippen LogP contribution in [0.3, 0.4) is 0 Å². The number of carbonyl (C=O) groups excluding carboxylic acids is 1. The molecule has 0 spiro atoms. The van der Waals surface area contributed by atoms with Gasteiger partial charge in [0.2, 0.25) is 0 Å². The lowest BCUT2D eigenvalue weighted by Crippen LogP contribution is -2.16. The Morgan fingerprint density at radius 2 is 1.92 bits per heavy atom. The number of hydrogen-bond donors (Lipinski definition) is 1. The number of nitrogens with zero attached hydrogens (tertiary/aromatic N) is 1. The number of alkyl halides is 3. The molecule has 0 bridgehead atoms. The van der Waals surface area contributed by atoms with Gasteiger partial charge in [0.05, 0.1) is 11.3 Å². The van der Waals surface area contributed by atoms with Crippen molar-refractivity contribution in [2.75, 3.05) is 5.75 Å². The molecule has 0 unspecified atom stereocenters. The highest BCUT2D eigenvalue weighted by atomic mass is 32.2. The first-order chi connectivity index (χ1) is 11.2. The van der Waals surface area contributed by atoms with E-state index in [0.717, 1.165) is 23.9 Å². The topological polar surface area (TPSA) is 73.7 Å². The lowest BCUT2D eigenvalue weighted by Gasteiger charge is -2.08. The van der Waals surface area contributed by atoms with E-state index < -0.39 is 17.3 Å². The number of carbonyl (C=O) groups is 1. The first kappa shape index (κ1) is 17.8. The lowest BCUT2D eigenvalue weighted by atomic mass is 10.1. The lowest BCUT2D eigenvalue weighted by molar-refractivity contribution is -0.137. The molecule has 0 aliphatic rings. The predicted molar refractivity (Wildman–Crippen MR) is 83.0 cm³/mol. The fourth-order valence-electron chi connectivity index (χ4n) is 1.96. The molecular formula is C16H11F3N2O2S. The molecule has 0 saturated heterocycles. The average molecular weight is 352 g/mol. The maximum absolute atomic E-state index is 12.5. The monoisotopic (exact) mass is 352 g/mol. The number of aromatic nitrogens is 1. The minimum Gasteiger partial charge on any atom is -0.325 e. The molecule has 2 aromatic rings. The summed E-state index contributed by atoms with van der Waals surface area (Å²) in [7, 11) is 0. The minimum atomic E-state index is -4.40. The van der Waals surface area contributed by atoms with Gasteiger partial charge in [-0.1, -0.05) is 0 Å². The van der Waals surface area contributed by atoms with Crippen LogP contribution in [-0.2, 0) is 6.18 Å². The molecule has 1 aromatic heterocycles. The van der Waals surface area contributed by atoms with Gasteiger partial charge in [-0.15, -0.1) is 11.8 Å². The van der Waals surface area contributed by atoms with Crippen molar-refractivity contribution in [2.24, 2.45) is 0 Å². The first-order valence-electron chi connectivity index (χ1n) is 6.69. The second-order valence-electron chi connectivity index (χ2n) is 4.90. The van der Waals surface area contributed by atoms with Crippen LogP contribution in [0.25, 0.3) is 0 Å². The van der Waals surface area contributed by atoms with E-state index in [9.17, 15) is 22.8 Å². The second-order valence-corrected chi connectivity index (χ2v) is 5.95. The summed E-state index contributed by atoms with van der Waals surface area (Å²) in [5, 5.41) is 8.84. The van der Waals surface area contributed by atoms with Crippen LogP contribution in [-0.4, -0.2) is 16.5 Å². The molecule has 0 amide bonds. The quantitative estimate of drug-likeness (QED) is 0.675. The third kappa shape index (κ3) is 4.06. The van der Waals surface area contributed by atoms with Crippen LogP contribution in [0, 0.1) is 18.3 Å². The van der Waals surface area contributed by atoms with Gasteiger partial charge in [0, 0.05) is 16.2 Å². The Bertz CT molecular complexity index is 865. The molecule has 1 N–H and O–H groups in total. The molecule has 1 heterocycles. The second kappa shape index (κ2) is 6.93. The SMILES string of the molecule is Cc1[nH]c(=O)c(C#N)cc1C(=O)CSc1ccc(C(F)(F)F)cc1. The Balaban J connectivity index is 2.11. The highest BCUT2D eigenvalue weighted by molar-refractivity contribution is 8.00. The zero-order valence-electron chi connectivity index (χ0n) is 12.4. The molecule has 0 aliphatic heterocycles. The van der Waals surface area contributed by atoms with E-state index in [1.807, 2.05) is 0 Å². The van der Waals surface area contributed by atoms with Crippen molar-refractivity contribution < 1.29 is 18.0 Å². The van der Waals surface area contributed by atoms with Crippen LogP contribution in [0.4, 0.5) is 13.2 Å². The molecule has 2 rings (SSSR count). The molecule has 0 saturated carbocycles. The number of nitrogens with one attached hydrogen (secondary N) is 1. The number of aryl methyl sites for hydroxylation is 1.